The van der Waals surface area contributed by atoms with Crippen LogP contribution in [0, 0.1) is 0 Å². The highest BCUT2D eigenvalue weighted by Crippen LogP contribution is 2.26. The van der Waals surface area contributed by atoms with E-state index in [1.165, 1.54) is 0 Å². The van der Waals surface area contributed by atoms with Crippen LogP contribution in [-0.2, 0) is 5.41 Å². The zero-order valence-electron chi connectivity index (χ0n) is 8.29. The molecular formula is C9H15N3O. The Morgan fingerprint density at radius 2 is 2.15 bits per heavy atom. The van der Waals surface area contributed by atoms with Crippen LogP contribution in [-0.4, -0.2) is 23.2 Å². The normalized spacial score (nSPS) is 20.3. The molecule has 2 rings (SSSR count). The summed E-state index contributed by atoms with van der Waals surface area (Å²) < 4.78 is 5.23. The molecule has 0 atom stereocenters. The Labute approximate surface area is 77.7 Å². The van der Waals surface area contributed by atoms with Crippen LogP contribution in [0.1, 0.15) is 38.4 Å². The highest BCUT2D eigenvalue weighted by atomic mass is 16.5. The second kappa shape index (κ2) is 2.80. The van der Waals surface area contributed by atoms with Crippen LogP contribution in [0.4, 0.5) is 0 Å². The van der Waals surface area contributed by atoms with Gasteiger partial charge in [-0.2, -0.15) is 4.98 Å². The van der Waals surface area contributed by atoms with E-state index < -0.39 is 0 Å². The SMILES string of the molecule is CC(C)c1noc(C2(C)CNC2)n1. The summed E-state index contributed by atoms with van der Waals surface area (Å²) in [5, 5.41) is 7.16. The second-order valence-electron chi connectivity index (χ2n) is 4.28. The first-order valence-electron chi connectivity index (χ1n) is 4.67. The molecule has 72 valence electrons. The van der Waals surface area contributed by atoms with Crippen LogP contribution in [0.3, 0.4) is 0 Å². The minimum Gasteiger partial charge on any atom is -0.339 e. The highest BCUT2D eigenvalue weighted by molar-refractivity contribution is 5.11. The molecule has 1 fully saturated rings. The first kappa shape index (κ1) is 8.69. The second-order valence-corrected chi connectivity index (χ2v) is 4.28. The van der Waals surface area contributed by atoms with Crippen molar-refractivity contribution >= 4 is 0 Å². The van der Waals surface area contributed by atoms with Gasteiger partial charge in [0.15, 0.2) is 5.82 Å². The van der Waals surface area contributed by atoms with Gasteiger partial charge in [0.1, 0.15) is 0 Å². The lowest BCUT2D eigenvalue weighted by molar-refractivity contribution is 0.219. The molecule has 1 aromatic rings. The standard InChI is InChI=1S/C9H15N3O/c1-6(2)7-11-8(13-12-7)9(3)4-10-5-9/h6,10H,4-5H2,1-3H3. The van der Waals surface area contributed by atoms with Crippen molar-refractivity contribution in [1.82, 2.24) is 15.5 Å². The number of nitrogens with one attached hydrogen (secondary N) is 1. The van der Waals surface area contributed by atoms with Crippen LogP contribution in [0.15, 0.2) is 4.52 Å². The van der Waals surface area contributed by atoms with E-state index in [4.69, 9.17) is 4.52 Å². The van der Waals surface area contributed by atoms with E-state index in [0.29, 0.717) is 5.92 Å². The number of rotatable bonds is 2. The van der Waals surface area contributed by atoms with Crippen LogP contribution in [0.2, 0.25) is 0 Å². The minimum atomic E-state index is 0.0696. The molecule has 1 aliphatic rings. The van der Waals surface area contributed by atoms with Gasteiger partial charge < -0.3 is 9.84 Å². The maximum absolute atomic E-state index is 5.23. The molecule has 1 aromatic heterocycles. The van der Waals surface area contributed by atoms with Crippen LogP contribution in [0.25, 0.3) is 0 Å². The first-order valence-corrected chi connectivity index (χ1v) is 4.67. The Balaban J connectivity index is 2.22. The Bertz CT molecular complexity index is 302. The summed E-state index contributed by atoms with van der Waals surface area (Å²) in [6.45, 7) is 8.15. The van der Waals surface area contributed by atoms with E-state index in [1.54, 1.807) is 0 Å². The molecular weight excluding hydrogens is 166 g/mol. The summed E-state index contributed by atoms with van der Waals surface area (Å²) in [7, 11) is 0. The molecule has 2 heterocycles. The Morgan fingerprint density at radius 3 is 2.54 bits per heavy atom. The van der Waals surface area contributed by atoms with Gasteiger partial charge in [-0.05, 0) is 6.92 Å². The number of hydrogen-bond acceptors (Lipinski definition) is 4. The van der Waals surface area contributed by atoms with Crippen molar-refractivity contribution in [1.29, 1.82) is 0 Å². The van der Waals surface area contributed by atoms with Crippen molar-refractivity contribution in [2.45, 2.75) is 32.1 Å². The average molecular weight is 181 g/mol. The fourth-order valence-electron chi connectivity index (χ4n) is 1.37. The maximum Gasteiger partial charge on any atom is 0.235 e. The zero-order chi connectivity index (χ0) is 9.47. The van der Waals surface area contributed by atoms with Gasteiger partial charge in [0, 0.05) is 19.0 Å². The summed E-state index contributed by atoms with van der Waals surface area (Å²) in [4.78, 5) is 4.39. The molecule has 13 heavy (non-hydrogen) atoms. The number of hydrogen-bond donors (Lipinski definition) is 1. The van der Waals surface area contributed by atoms with E-state index in [9.17, 15) is 0 Å². The minimum absolute atomic E-state index is 0.0696. The lowest BCUT2D eigenvalue weighted by Gasteiger charge is -2.35. The maximum atomic E-state index is 5.23. The van der Waals surface area contributed by atoms with E-state index >= 15 is 0 Å². The summed E-state index contributed by atoms with van der Waals surface area (Å²) >= 11 is 0. The first-order chi connectivity index (χ1) is 6.12. The third kappa shape index (κ3) is 1.35. The third-order valence-electron chi connectivity index (χ3n) is 2.50. The molecule has 0 bridgehead atoms. The summed E-state index contributed by atoms with van der Waals surface area (Å²) in [6, 6.07) is 0. The Morgan fingerprint density at radius 1 is 1.46 bits per heavy atom. The van der Waals surface area contributed by atoms with Gasteiger partial charge in [-0.25, -0.2) is 0 Å². The molecule has 0 saturated carbocycles. The fraction of sp³-hybridized carbons (Fsp3) is 0.778. The molecule has 0 aliphatic carbocycles. The monoisotopic (exact) mass is 181 g/mol. The molecule has 0 aromatic carbocycles. The summed E-state index contributed by atoms with van der Waals surface area (Å²) in [6.07, 6.45) is 0. The predicted octanol–water partition coefficient (Wildman–Crippen LogP) is 1.05. The number of aromatic nitrogens is 2. The molecule has 4 nitrogen and oxygen atoms in total. The van der Waals surface area contributed by atoms with Crippen LogP contribution in [0.5, 0.6) is 0 Å². The molecule has 0 spiro atoms. The fourth-order valence-corrected chi connectivity index (χ4v) is 1.37. The molecule has 0 unspecified atom stereocenters. The highest BCUT2D eigenvalue weighted by Gasteiger charge is 2.39. The quantitative estimate of drug-likeness (QED) is 0.741. The van der Waals surface area contributed by atoms with E-state index in [2.05, 4.69) is 36.2 Å². The smallest absolute Gasteiger partial charge is 0.235 e. The molecule has 0 radical (unpaired) electrons. The lowest BCUT2D eigenvalue weighted by atomic mass is 9.84. The molecule has 1 aliphatic heterocycles. The molecule has 1 saturated heterocycles. The van der Waals surface area contributed by atoms with Gasteiger partial charge in [0.05, 0.1) is 5.41 Å². The van der Waals surface area contributed by atoms with E-state index in [0.717, 1.165) is 24.8 Å². The largest absolute Gasteiger partial charge is 0.339 e. The van der Waals surface area contributed by atoms with Crippen molar-refractivity contribution in [3.63, 3.8) is 0 Å². The van der Waals surface area contributed by atoms with Gasteiger partial charge in [0.2, 0.25) is 5.89 Å². The molecule has 1 N–H and O–H groups in total. The van der Waals surface area contributed by atoms with Crippen molar-refractivity contribution in [3.8, 4) is 0 Å². The predicted molar refractivity (Wildman–Crippen MR) is 48.6 cm³/mol. The van der Waals surface area contributed by atoms with E-state index in [1.807, 2.05) is 0 Å². The Hall–Kier alpha value is -0.900. The van der Waals surface area contributed by atoms with Gasteiger partial charge in [-0.3, -0.25) is 0 Å². The Kier molecular flexibility index (Phi) is 1.87. The third-order valence-corrected chi connectivity index (χ3v) is 2.50. The topological polar surface area (TPSA) is 51.0 Å². The average Bonchev–Trinajstić information content (AvgIpc) is 2.48. The number of nitrogens with zero attached hydrogens (tertiary/aromatic N) is 2. The summed E-state index contributed by atoms with van der Waals surface area (Å²) in [5.41, 5.74) is 0.0696. The van der Waals surface area contributed by atoms with Gasteiger partial charge in [-0.15, -0.1) is 0 Å². The van der Waals surface area contributed by atoms with Crippen LogP contribution < -0.4 is 5.32 Å². The van der Waals surface area contributed by atoms with Crippen molar-refractivity contribution in [2.24, 2.45) is 0 Å². The van der Waals surface area contributed by atoms with Gasteiger partial charge >= 0.3 is 0 Å². The zero-order valence-corrected chi connectivity index (χ0v) is 8.29. The summed E-state index contributed by atoms with van der Waals surface area (Å²) in [5.74, 6) is 1.92. The van der Waals surface area contributed by atoms with Gasteiger partial charge in [0.25, 0.3) is 0 Å². The van der Waals surface area contributed by atoms with Crippen molar-refractivity contribution < 1.29 is 4.52 Å². The lowest BCUT2D eigenvalue weighted by Crippen LogP contribution is -2.54. The van der Waals surface area contributed by atoms with Gasteiger partial charge in [-0.1, -0.05) is 19.0 Å². The van der Waals surface area contributed by atoms with Crippen molar-refractivity contribution in [2.75, 3.05) is 13.1 Å². The molecule has 4 heteroatoms. The molecule has 0 amide bonds. The van der Waals surface area contributed by atoms with Crippen LogP contribution >= 0.6 is 0 Å². The van der Waals surface area contributed by atoms with Crippen molar-refractivity contribution in [3.05, 3.63) is 11.7 Å². The van der Waals surface area contributed by atoms with E-state index in [-0.39, 0.29) is 5.41 Å².